The average Bonchev–Trinajstić information content (AvgIpc) is 2.43. The molecule has 1 rings (SSSR count). The van der Waals surface area contributed by atoms with Gasteiger partial charge in [-0.2, -0.15) is 0 Å². The van der Waals surface area contributed by atoms with E-state index in [9.17, 15) is 10.1 Å². The number of nitro groups is 1. The molecule has 0 aliphatic carbocycles. The lowest BCUT2D eigenvalue weighted by atomic mass is 10.1. The first kappa shape index (κ1) is 16.3. The summed E-state index contributed by atoms with van der Waals surface area (Å²) in [5.74, 6) is 0.290. The van der Waals surface area contributed by atoms with Crippen LogP contribution in [0.5, 0.6) is 5.75 Å². The molecule has 20 heavy (non-hydrogen) atoms. The summed E-state index contributed by atoms with van der Waals surface area (Å²) in [6.07, 6.45) is 5.81. The van der Waals surface area contributed by atoms with Crippen molar-refractivity contribution in [2.24, 2.45) is 0 Å². The molecule has 5 nitrogen and oxygen atoms in total. The lowest BCUT2D eigenvalue weighted by Gasteiger charge is -2.16. The topological polar surface area (TPSA) is 64.4 Å². The summed E-state index contributed by atoms with van der Waals surface area (Å²) in [6, 6.07) is 5.30. The molecule has 1 aromatic carbocycles. The van der Waals surface area contributed by atoms with E-state index in [1.807, 2.05) is 0 Å². The summed E-state index contributed by atoms with van der Waals surface area (Å²) in [5, 5.41) is 14.4. The Morgan fingerprint density at radius 2 is 2.10 bits per heavy atom. The highest BCUT2D eigenvalue weighted by Crippen LogP contribution is 2.35. The number of benzene rings is 1. The number of unbranched alkanes of at least 4 members (excludes halogenated alkanes) is 3. The van der Waals surface area contributed by atoms with Crippen LogP contribution in [0.15, 0.2) is 18.2 Å². The van der Waals surface area contributed by atoms with Crippen molar-refractivity contribution >= 4 is 11.4 Å². The van der Waals surface area contributed by atoms with E-state index in [0.29, 0.717) is 5.69 Å². The minimum atomic E-state index is -0.398. The molecular formula is C15H24N2O3. The Labute approximate surface area is 120 Å². The number of nitrogens with zero attached hydrogens (tertiary/aromatic N) is 1. The Kier molecular flexibility index (Phi) is 6.84. The highest BCUT2D eigenvalue weighted by Gasteiger charge is 2.21. The van der Waals surface area contributed by atoms with Crippen molar-refractivity contribution < 1.29 is 9.66 Å². The lowest BCUT2D eigenvalue weighted by Crippen LogP contribution is -2.16. The van der Waals surface area contributed by atoms with Crippen LogP contribution in [-0.4, -0.2) is 18.1 Å². The normalized spacial score (nSPS) is 11.9. The van der Waals surface area contributed by atoms with Gasteiger partial charge in [-0.1, -0.05) is 38.7 Å². The third-order valence-corrected chi connectivity index (χ3v) is 3.29. The predicted molar refractivity (Wildman–Crippen MR) is 81.5 cm³/mol. The lowest BCUT2D eigenvalue weighted by molar-refractivity contribution is -0.384. The summed E-state index contributed by atoms with van der Waals surface area (Å²) in [4.78, 5) is 10.8. The molecule has 112 valence electrons. The van der Waals surface area contributed by atoms with Crippen molar-refractivity contribution in [2.45, 2.75) is 52.0 Å². The maximum Gasteiger partial charge on any atom is 0.333 e. The van der Waals surface area contributed by atoms with Crippen molar-refractivity contribution in [2.75, 3.05) is 12.4 Å². The number of hydrogen-bond acceptors (Lipinski definition) is 4. The highest BCUT2D eigenvalue weighted by atomic mass is 16.6. The van der Waals surface area contributed by atoms with E-state index >= 15 is 0 Å². The summed E-state index contributed by atoms with van der Waals surface area (Å²) in [7, 11) is 1.44. The highest BCUT2D eigenvalue weighted by molar-refractivity contribution is 5.68. The predicted octanol–water partition coefficient (Wildman–Crippen LogP) is 4.37. The van der Waals surface area contributed by atoms with Crippen molar-refractivity contribution in [1.29, 1.82) is 0 Å². The molecule has 0 heterocycles. The van der Waals surface area contributed by atoms with Gasteiger partial charge in [0.2, 0.25) is 0 Å². The summed E-state index contributed by atoms with van der Waals surface area (Å²) in [6.45, 7) is 4.23. The molecule has 0 spiro atoms. The van der Waals surface area contributed by atoms with Gasteiger partial charge < -0.3 is 10.1 Å². The Morgan fingerprint density at radius 3 is 2.70 bits per heavy atom. The molecule has 0 amide bonds. The first-order valence-corrected chi connectivity index (χ1v) is 7.18. The summed E-state index contributed by atoms with van der Waals surface area (Å²) >= 11 is 0. The fourth-order valence-electron chi connectivity index (χ4n) is 2.21. The van der Waals surface area contributed by atoms with E-state index in [1.54, 1.807) is 18.2 Å². The van der Waals surface area contributed by atoms with Gasteiger partial charge in [0.1, 0.15) is 5.69 Å². The van der Waals surface area contributed by atoms with Crippen LogP contribution >= 0.6 is 0 Å². The van der Waals surface area contributed by atoms with Gasteiger partial charge in [0.25, 0.3) is 0 Å². The van der Waals surface area contributed by atoms with Crippen molar-refractivity contribution in [3.63, 3.8) is 0 Å². The van der Waals surface area contributed by atoms with Crippen LogP contribution in [0.4, 0.5) is 11.4 Å². The van der Waals surface area contributed by atoms with Gasteiger partial charge in [0.15, 0.2) is 5.75 Å². The van der Waals surface area contributed by atoms with E-state index in [1.165, 1.54) is 26.4 Å². The van der Waals surface area contributed by atoms with Crippen LogP contribution in [0.25, 0.3) is 0 Å². The number of nitro benzene ring substituents is 1. The SMILES string of the molecule is CCCCCCC(C)Nc1cccc(OC)c1[N+](=O)[O-]. The third kappa shape index (κ3) is 4.72. The van der Waals surface area contributed by atoms with Crippen molar-refractivity contribution in [3.05, 3.63) is 28.3 Å². The molecule has 0 aliphatic heterocycles. The number of hydrogen-bond donors (Lipinski definition) is 1. The maximum atomic E-state index is 11.2. The molecule has 0 radical (unpaired) electrons. The van der Waals surface area contributed by atoms with Gasteiger partial charge in [0.05, 0.1) is 12.0 Å². The molecular weight excluding hydrogens is 256 g/mol. The number of nitrogens with one attached hydrogen (secondary N) is 1. The fourth-order valence-corrected chi connectivity index (χ4v) is 2.21. The zero-order valence-electron chi connectivity index (χ0n) is 12.5. The third-order valence-electron chi connectivity index (χ3n) is 3.29. The Morgan fingerprint density at radius 1 is 1.35 bits per heavy atom. The molecule has 0 bridgehead atoms. The van der Waals surface area contributed by atoms with E-state index in [2.05, 4.69) is 19.2 Å². The zero-order valence-corrected chi connectivity index (χ0v) is 12.5. The molecule has 1 N–H and O–H groups in total. The second kappa shape index (κ2) is 8.40. The van der Waals surface area contributed by atoms with Crippen molar-refractivity contribution in [3.8, 4) is 5.75 Å². The van der Waals surface area contributed by atoms with Gasteiger partial charge in [0, 0.05) is 6.04 Å². The molecule has 1 atom stereocenters. The maximum absolute atomic E-state index is 11.2. The first-order chi connectivity index (χ1) is 9.60. The monoisotopic (exact) mass is 280 g/mol. The first-order valence-electron chi connectivity index (χ1n) is 7.18. The molecule has 0 fully saturated rings. The molecule has 0 saturated heterocycles. The Balaban J connectivity index is 2.69. The quantitative estimate of drug-likeness (QED) is 0.414. The fraction of sp³-hybridized carbons (Fsp3) is 0.600. The minimum absolute atomic E-state index is 0.00964. The summed E-state index contributed by atoms with van der Waals surface area (Å²) in [5.41, 5.74) is 0.535. The standard InChI is InChI=1S/C15H24N2O3/c1-4-5-6-7-9-12(2)16-13-10-8-11-14(20-3)15(13)17(18)19/h8,10-12,16H,4-7,9H2,1-3H3. The minimum Gasteiger partial charge on any atom is -0.490 e. The van der Waals surface area contributed by atoms with E-state index < -0.39 is 4.92 Å². The smallest absolute Gasteiger partial charge is 0.333 e. The van der Waals surface area contributed by atoms with Gasteiger partial charge in [-0.05, 0) is 25.5 Å². The second-order valence-electron chi connectivity index (χ2n) is 5.01. The van der Waals surface area contributed by atoms with Crippen LogP contribution in [-0.2, 0) is 0 Å². The number of para-hydroxylation sites is 1. The van der Waals surface area contributed by atoms with Gasteiger partial charge in [-0.3, -0.25) is 10.1 Å². The van der Waals surface area contributed by atoms with E-state index in [-0.39, 0.29) is 17.5 Å². The molecule has 0 aliphatic rings. The van der Waals surface area contributed by atoms with Gasteiger partial charge >= 0.3 is 5.69 Å². The molecule has 1 aromatic rings. The molecule has 1 unspecified atom stereocenters. The largest absolute Gasteiger partial charge is 0.490 e. The van der Waals surface area contributed by atoms with Crippen LogP contribution in [0.3, 0.4) is 0 Å². The molecule has 5 heteroatoms. The number of methoxy groups -OCH3 is 1. The second-order valence-corrected chi connectivity index (χ2v) is 5.01. The van der Waals surface area contributed by atoms with Crippen LogP contribution in [0.1, 0.15) is 46.0 Å². The number of ether oxygens (including phenoxy) is 1. The van der Waals surface area contributed by atoms with Gasteiger partial charge in [-0.15, -0.1) is 0 Å². The Hall–Kier alpha value is -1.78. The van der Waals surface area contributed by atoms with Crippen LogP contribution in [0.2, 0.25) is 0 Å². The van der Waals surface area contributed by atoms with Gasteiger partial charge in [-0.25, -0.2) is 0 Å². The van der Waals surface area contributed by atoms with Crippen LogP contribution in [0, 0.1) is 10.1 Å². The van der Waals surface area contributed by atoms with E-state index in [0.717, 1.165) is 12.8 Å². The zero-order chi connectivity index (χ0) is 15.0. The van der Waals surface area contributed by atoms with E-state index in [4.69, 9.17) is 4.74 Å². The number of rotatable bonds is 9. The van der Waals surface area contributed by atoms with Crippen LogP contribution < -0.4 is 10.1 Å². The molecule has 0 aromatic heterocycles. The number of anilines is 1. The molecule has 0 saturated carbocycles. The summed E-state index contributed by atoms with van der Waals surface area (Å²) < 4.78 is 5.06. The Bertz CT molecular complexity index is 435. The average molecular weight is 280 g/mol. The van der Waals surface area contributed by atoms with Crippen molar-refractivity contribution in [1.82, 2.24) is 0 Å².